The van der Waals surface area contributed by atoms with E-state index in [4.69, 9.17) is 5.11 Å². The summed E-state index contributed by atoms with van der Waals surface area (Å²) in [4.78, 5) is 19.4. The van der Waals surface area contributed by atoms with Gasteiger partial charge in [0.1, 0.15) is 12.1 Å². The molecule has 5 nitrogen and oxygen atoms in total. The molecule has 0 aromatic carbocycles. The number of anilines is 1. The molecule has 2 N–H and O–H groups in total. The maximum Gasteiger partial charge on any atom is 0.308 e. The number of carbonyl (C=O) groups is 1. The highest BCUT2D eigenvalue weighted by molar-refractivity contribution is 7.18. The van der Waals surface area contributed by atoms with E-state index in [2.05, 4.69) is 15.3 Å². The number of aryl methyl sites for hydroxylation is 1. The van der Waals surface area contributed by atoms with Crippen LogP contribution in [0.3, 0.4) is 0 Å². The van der Waals surface area contributed by atoms with Crippen LogP contribution >= 0.6 is 11.3 Å². The van der Waals surface area contributed by atoms with Crippen LogP contribution in [0.25, 0.3) is 10.2 Å². The Morgan fingerprint density at radius 2 is 2.33 bits per heavy atom. The van der Waals surface area contributed by atoms with E-state index < -0.39 is 11.9 Å². The second kappa shape index (κ2) is 5.30. The molecule has 6 heteroatoms. The Morgan fingerprint density at radius 3 is 3.00 bits per heavy atom. The fourth-order valence-corrected chi connectivity index (χ4v) is 2.69. The lowest BCUT2D eigenvalue weighted by atomic mass is 10.1. The topological polar surface area (TPSA) is 75.1 Å². The van der Waals surface area contributed by atoms with Gasteiger partial charge in [-0.15, -0.1) is 11.3 Å². The first-order chi connectivity index (χ1) is 8.63. The van der Waals surface area contributed by atoms with E-state index in [1.165, 1.54) is 6.33 Å². The number of aromatic nitrogens is 2. The van der Waals surface area contributed by atoms with E-state index in [1.54, 1.807) is 11.3 Å². The summed E-state index contributed by atoms with van der Waals surface area (Å²) in [5, 5.41) is 14.1. The van der Waals surface area contributed by atoms with E-state index >= 15 is 0 Å². The highest BCUT2D eigenvalue weighted by Crippen LogP contribution is 2.28. The van der Waals surface area contributed by atoms with Crippen molar-refractivity contribution in [1.29, 1.82) is 0 Å². The highest BCUT2D eigenvalue weighted by atomic mass is 32.1. The molecule has 0 spiro atoms. The van der Waals surface area contributed by atoms with E-state index in [-0.39, 0.29) is 0 Å². The van der Waals surface area contributed by atoms with Crippen LogP contribution in [0.2, 0.25) is 0 Å². The zero-order valence-corrected chi connectivity index (χ0v) is 11.1. The molecule has 0 radical (unpaired) electrons. The number of rotatable bonds is 5. The number of carboxylic acids is 1. The fraction of sp³-hybridized carbons (Fsp3) is 0.417. The monoisotopic (exact) mass is 265 g/mol. The number of hydrogen-bond donors (Lipinski definition) is 2. The molecular formula is C12H15N3O2S. The van der Waals surface area contributed by atoms with Crippen LogP contribution < -0.4 is 5.32 Å². The van der Waals surface area contributed by atoms with E-state index in [0.29, 0.717) is 13.0 Å². The van der Waals surface area contributed by atoms with E-state index in [9.17, 15) is 4.79 Å². The van der Waals surface area contributed by atoms with Crippen molar-refractivity contribution in [1.82, 2.24) is 9.97 Å². The van der Waals surface area contributed by atoms with Gasteiger partial charge in [0, 0.05) is 6.54 Å². The first-order valence-electron chi connectivity index (χ1n) is 5.79. The normalized spacial score (nSPS) is 12.6. The van der Waals surface area contributed by atoms with Crippen LogP contribution in [0.15, 0.2) is 11.7 Å². The van der Waals surface area contributed by atoms with Gasteiger partial charge in [-0.2, -0.15) is 0 Å². The standard InChI is InChI=1S/C12H15N3O2S/c1-3-8(12(16)17)4-13-11-10-9(14-6-15-11)7(2)5-18-10/h5-6,8H,3-4H2,1-2H3,(H,16,17)(H,13,14,15). The van der Waals surface area contributed by atoms with Gasteiger partial charge in [0.15, 0.2) is 0 Å². The van der Waals surface area contributed by atoms with Crippen molar-refractivity contribution in [2.75, 3.05) is 11.9 Å². The Hall–Kier alpha value is -1.69. The summed E-state index contributed by atoms with van der Waals surface area (Å²) >= 11 is 1.57. The Morgan fingerprint density at radius 1 is 1.56 bits per heavy atom. The number of nitrogens with one attached hydrogen (secondary N) is 1. The second-order valence-corrected chi connectivity index (χ2v) is 5.02. The summed E-state index contributed by atoms with van der Waals surface area (Å²) in [5.74, 6) is -0.452. The molecule has 2 heterocycles. The lowest BCUT2D eigenvalue weighted by Crippen LogP contribution is -2.22. The lowest BCUT2D eigenvalue weighted by molar-refractivity contribution is -0.141. The number of carboxylic acid groups (broad SMARTS) is 1. The second-order valence-electron chi connectivity index (χ2n) is 4.14. The summed E-state index contributed by atoms with van der Waals surface area (Å²) in [6.45, 7) is 4.25. The van der Waals surface area contributed by atoms with Crippen LogP contribution in [-0.2, 0) is 4.79 Å². The van der Waals surface area contributed by atoms with E-state index in [0.717, 1.165) is 21.6 Å². The fourth-order valence-electron chi connectivity index (χ4n) is 1.72. The van der Waals surface area contributed by atoms with Gasteiger partial charge >= 0.3 is 5.97 Å². The Balaban J connectivity index is 2.19. The molecule has 2 rings (SSSR count). The summed E-state index contributed by atoms with van der Waals surface area (Å²) in [6, 6.07) is 0. The molecule has 0 aliphatic rings. The van der Waals surface area contributed by atoms with Crippen molar-refractivity contribution in [2.24, 2.45) is 5.92 Å². The highest BCUT2D eigenvalue weighted by Gasteiger charge is 2.16. The van der Waals surface area contributed by atoms with Gasteiger partial charge in [0.25, 0.3) is 0 Å². The van der Waals surface area contributed by atoms with Crippen LogP contribution in [0, 0.1) is 12.8 Å². The summed E-state index contributed by atoms with van der Waals surface area (Å²) in [7, 11) is 0. The lowest BCUT2D eigenvalue weighted by Gasteiger charge is -2.11. The van der Waals surface area contributed by atoms with Crippen molar-refractivity contribution in [3.8, 4) is 0 Å². The third-order valence-electron chi connectivity index (χ3n) is 2.89. The molecule has 0 aliphatic carbocycles. The Kier molecular flexibility index (Phi) is 3.76. The average Bonchev–Trinajstić information content (AvgIpc) is 2.73. The summed E-state index contributed by atoms with van der Waals surface area (Å²) < 4.78 is 0.982. The van der Waals surface area contributed by atoms with Gasteiger partial charge in [0.05, 0.1) is 16.1 Å². The number of fused-ring (bicyclic) bond motifs is 1. The predicted molar refractivity (Wildman–Crippen MR) is 72.1 cm³/mol. The number of thiophene rings is 1. The van der Waals surface area contributed by atoms with Crippen molar-refractivity contribution >= 4 is 33.3 Å². The largest absolute Gasteiger partial charge is 0.481 e. The van der Waals surface area contributed by atoms with Crippen LogP contribution in [0.4, 0.5) is 5.82 Å². The zero-order valence-electron chi connectivity index (χ0n) is 10.3. The van der Waals surface area contributed by atoms with Crippen LogP contribution in [-0.4, -0.2) is 27.6 Å². The molecule has 0 aliphatic heterocycles. The molecule has 2 aromatic heterocycles. The van der Waals surface area contributed by atoms with Gasteiger partial charge in [-0.3, -0.25) is 4.79 Å². The minimum absolute atomic E-state index is 0.384. The van der Waals surface area contributed by atoms with Gasteiger partial charge < -0.3 is 10.4 Å². The van der Waals surface area contributed by atoms with Crippen molar-refractivity contribution in [3.05, 3.63) is 17.3 Å². The molecule has 1 unspecified atom stereocenters. The first-order valence-corrected chi connectivity index (χ1v) is 6.67. The first kappa shape index (κ1) is 12.8. The molecule has 0 fully saturated rings. The van der Waals surface area contributed by atoms with Crippen molar-refractivity contribution in [3.63, 3.8) is 0 Å². The Bertz CT molecular complexity index is 567. The molecular weight excluding hydrogens is 250 g/mol. The third kappa shape index (κ3) is 2.43. The summed E-state index contributed by atoms with van der Waals surface area (Å²) in [5.41, 5.74) is 2.05. The molecule has 0 bridgehead atoms. The predicted octanol–water partition coefficient (Wildman–Crippen LogP) is 2.52. The molecule has 2 aromatic rings. The van der Waals surface area contributed by atoms with Gasteiger partial charge in [0.2, 0.25) is 0 Å². The van der Waals surface area contributed by atoms with Gasteiger partial charge in [-0.1, -0.05) is 6.92 Å². The minimum Gasteiger partial charge on any atom is -0.481 e. The van der Waals surface area contributed by atoms with Crippen LogP contribution in [0.1, 0.15) is 18.9 Å². The van der Waals surface area contributed by atoms with Gasteiger partial charge in [-0.05, 0) is 24.3 Å². The smallest absolute Gasteiger partial charge is 0.308 e. The maximum absolute atomic E-state index is 10.9. The number of nitrogens with zero attached hydrogens (tertiary/aromatic N) is 2. The zero-order chi connectivity index (χ0) is 13.1. The molecule has 0 saturated heterocycles. The Labute approximate surface area is 109 Å². The van der Waals surface area contributed by atoms with Gasteiger partial charge in [-0.25, -0.2) is 9.97 Å². The molecule has 0 saturated carbocycles. The quantitative estimate of drug-likeness (QED) is 0.868. The van der Waals surface area contributed by atoms with Crippen molar-refractivity contribution < 1.29 is 9.90 Å². The molecule has 18 heavy (non-hydrogen) atoms. The molecule has 0 amide bonds. The molecule has 96 valence electrons. The average molecular weight is 265 g/mol. The SMILES string of the molecule is CCC(CNc1ncnc2c(C)csc12)C(=O)O. The van der Waals surface area contributed by atoms with Crippen molar-refractivity contribution in [2.45, 2.75) is 20.3 Å². The summed E-state index contributed by atoms with van der Waals surface area (Å²) in [6.07, 6.45) is 2.10. The number of hydrogen-bond acceptors (Lipinski definition) is 5. The molecule has 1 atom stereocenters. The maximum atomic E-state index is 10.9. The third-order valence-corrected chi connectivity index (χ3v) is 3.98. The minimum atomic E-state index is -0.780. The van der Waals surface area contributed by atoms with Crippen LogP contribution in [0.5, 0.6) is 0 Å². The number of aliphatic carboxylic acids is 1. The van der Waals surface area contributed by atoms with E-state index in [1.807, 2.05) is 19.2 Å².